The molecule has 340 valence electrons. The van der Waals surface area contributed by atoms with E-state index in [1.807, 2.05) is 42.5 Å². The number of hydrogen-bond acceptors (Lipinski definition) is 10. The number of hydrogen-bond donors (Lipinski definition) is 2. The SMILES string of the molecule is C=CCO[C@@]12Oc3ccc(OCc4ccccc4F)cc3[C@H]3[C@H](CCCCO)[C@@H](CCCCO)C=C(C(=NOC4CCCCO4)C[C@@H]1N(Cc1cccc4ccccc14)C(=O)OC)[C@H]32. The number of aliphatic hydroxyl groups is 2. The Kier molecular flexibility index (Phi) is 15.0. The van der Waals surface area contributed by atoms with Crippen LogP contribution in [0.25, 0.3) is 10.8 Å². The summed E-state index contributed by atoms with van der Waals surface area (Å²) < 4.78 is 47.3. The highest BCUT2D eigenvalue weighted by molar-refractivity contribution is 6.03. The van der Waals surface area contributed by atoms with E-state index in [9.17, 15) is 19.4 Å². The number of carbonyl (C=O) groups is 1. The van der Waals surface area contributed by atoms with E-state index in [1.165, 1.54) is 13.2 Å². The average Bonchev–Trinajstić information content (AvgIpc) is 3.33. The van der Waals surface area contributed by atoms with Crippen LogP contribution in [0.15, 0.2) is 114 Å². The molecule has 0 bridgehead atoms. The monoisotopic (exact) mass is 876 g/mol. The molecule has 12 heteroatoms. The first-order valence-corrected chi connectivity index (χ1v) is 22.9. The Morgan fingerprint density at radius 3 is 2.53 bits per heavy atom. The van der Waals surface area contributed by atoms with Crippen LogP contribution in [0, 0.1) is 23.6 Å². The summed E-state index contributed by atoms with van der Waals surface area (Å²) in [7, 11) is 1.39. The van der Waals surface area contributed by atoms with Crippen LogP contribution >= 0.6 is 0 Å². The van der Waals surface area contributed by atoms with Gasteiger partial charge in [-0.3, -0.25) is 4.90 Å². The van der Waals surface area contributed by atoms with Crippen LogP contribution in [0.2, 0.25) is 0 Å². The lowest BCUT2D eigenvalue weighted by atomic mass is 9.55. The molecule has 1 unspecified atom stereocenters. The maximum Gasteiger partial charge on any atom is 0.410 e. The number of ether oxygens (including phenoxy) is 5. The molecule has 0 aromatic heterocycles. The number of nitrogens with zero attached hydrogens (tertiary/aromatic N) is 2. The third-order valence-electron chi connectivity index (χ3n) is 13.4. The van der Waals surface area contributed by atoms with Crippen LogP contribution in [0.1, 0.15) is 86.8 Å². The van der Waals surface area contributed by atoms with Crippen LogP contribution in [-0.4, -0.2) is 78.6 Å². The first-order valence-electron chi connectivity index (χ1n) is 22.9. The molecular weight excluding hydrogens is 816 g/mol. The molecule has 4 aliphatic rings. The molecule has 11 nitrogen and oxygen atoms in total. The molecule has 0 spiro atoms. The van der Waals surface area contributed by atoms with Gasteiger partial charge in [0.15, 0.2) is 0 Å². The Bertz CT molecular complexity index is 2290. The van der Waals surface area contributed by atoms with Gasteiger partial charge < -0.3 is 38.7 Å². The number of amides is 1. The highest BCUT2D eigenvalue weighted by Crippen LogP contribution is 2.62. The Hall–Kier alpha value is -5.27. The van der Waals surface area contributed by atoms with Crippen molar-refractivity contribution < 1.29 is 47.9 Å². The number of oxime groups is 1. The third-order valence-corrected chi connectivity index (χ3v) is 13.4. The number of rotatable bonds is 19. The summed E-state index contributed by atoms with van der Waals surface area (Å²) in [5.41, 5.74) is 3.84. The number of methoxy groups -OCH3 is 1. The van der Waals surface area contributed by atoms with Crippen molar-refractivity contribution in [2.75, 3.05) is 33.5 Å². The van der Waals surface area contributed by atoms with E-state index in [2.05, 4.69) is 30.9 Å². The van der Waals surface area contributed by atoms with E-state index in [1.54, 1.807) is 29.2 Å². The predicted molar refractivity (Wildman–Crippen MR) is 242 cm³/mol. The Balaban J connectivity index is 1.33. The average molecular weight is 877 g/mol. The van der Waals surface area contributed by atoms with Crippen molar-refractivity contribution in [2.45, 2.75) is 101 Å². The lowest BCUT2D eigenvalue weighted by Gasteiger charge is -2.59. The second-order valence-corrected chi connectivity index (χ2v) is 17.3. The van der Waals surface area contributed by atoms with E-state index in [0.29, 0.717) is 48.6 Å². The maximum atomic E-state index is 14.8. The van der Waals surface area contributed by atoms with Gasteiger partial charge in [0.1, 0.15) is 30.0 Å². The van der Waals surface area contributed by atoms with Gasteiger partial charge >= 0.3 is 6.09 Å². The molecule has 0 radical (unpaired) electrons. The summed E-state index contributed by atoms with van der Waals surface area (Å²) in [6, 6.07) is 25.7. The Labute approximate surface area is 375 Å². The normalized spacial score (nSPS) is 25.4. The van der Waals surface area contributed by atoms with Gasteiger partial charge in [0, 0.05) is 43.1 Å². The van der Waals surface area contributed by atoms with Crippen molar-refractivity contribution in [2.24, 2.45) is 22.9 Å². The zero-order chi connectivity index (χ0) is 44.5. The molecule has 2 N–H and O–H groups in total. The molecule has 2 fully saturated rings. The van der Waals surface area contributed by atoms with Gasteiger partial charge in [-0.1, -0.05) is 90.8 Å². The molecule has 1 amide bonds. The molecular formula is C52H61FN2O9. The van der Waals surface area contributed by atoms with Crippen LogP contribution in [0.3, 0.4) is 0 Å². The largest absolute Gasteiger partial charge is 0.489 e. The molecule has 4 aromatic rings. The smallest absolute Gasteiger partial charge is 0.410 e. The van der Waals surface area contributed by atoms with Crippen LogP contribution in [0.4, 0.5) is 9.18 Å². The van der Waals surface area contributed by atoms with E-state index in [4.69, 9.17) is 33.7 Å². The predicted octanol–water partition coefficient (Wildman–Crippen LogP) is 9.99. The zero-order valence-electron chi connectivity index (χ0n) is 36.7. The molecule has 2 aliphatic carbocycles. The molecule has 4 aromatic carbocycles. The summed E-state index contributed by atoms with van der Waals surface area (Å²) in [5, 5.41) is 27.0. The van der Waals surface area contributed by atoms with Crippen LogP contribution < -0.4 is 9.47 Å². The molecule has 8 rings (SSSR count). The molecule has 2 aliphatic heterocycles. The summed E-state index contributed by atoms with van der Waals surface area (Å²) in [5.74, 6) is -1.48. The minimum Gasteiger partial charge on any atom is -0.489 e. The van der Waals surface area contributed by atoms with Crippen LogP contribution in [0.5, 0.6) is 11.5 Å². The minimum atomic E-state index is -1.49. The number of fused-ring (bicyclic) bond motifs is 3. The zero-order valence-corrected chi connectivity index (χ0v) is 36.7. The van der Waals surface area contributed by atoms with Gasteiger partial charge in [0.2, 0.25) is 12.1 Å². The highest BCUT2D eigenvalue weighted by Gasteiger charge is 2.65. The number of halogens is 1. The van der Waals surface area contributed by atoms with Gasteiger partial charge in [-0.15, -0.1) is 6.58 Å². The molecule has 1 saturated heterocycles. The van der Waals surface area contributed by atoms with Crippen molar-refractivity contribution in [3.63, 3.8) is 0 Å². The first kappa shape index (κ1) is 45.3. The molecule has 64 heavy (non-hydrogen) atoms. The Morgan fingerprint density at radius 2 is 1.75 bits per heavy atom. The maximum absolute atomic E-state index is 14.8. The van der Waals surface area contributed by atoms with E-state index in [-0.39, 0.29) is 63.0 Å². The lowest BCUT2D eigenvalue weighted by molar-refractivity contribution is -0.256. The van der Waals surface area contributed by atoms with Crippen molar-refractivity contribution in [3.8, 4) is 11.5 Å². The topological polar surface area (TPSA) is 129 Å². The molecule has 1 saturated carbocycles. The van der Waals surface area contributed by atoms with E-state index in [0.717, 1.165) is 66.0 Å². The van der Waals surface area contributed by atoms with Crippen molar-refractivity contribution >= 4 is 22.6 Å². The summed E-state index contributed by atoms with van der Waals surface area (Å²) in [4.78, 5) is 22.5. The summed E-state index contributed by atoms with van der Waals surface area (Å²) in [6.45, 7) is 5.12. The standard InChI is InChI=1S/C52H61FN2O9/c1-3-28-62-52-47(55(51(58)59-2)33-37-19-14-18-35-15-4-6-20-40(35)37)32-45(54-64-48-23-10-13-29-60-48)42-30-36(16-8-11-26-56)41(21-9-12-27-57)49(50(42)52)43-31-39(24-25-46(43)63-52)61-34-38-17-5-7-22-44(38)53/h3-7,14-15,17-20,22,24-25,30-31,36,41,47-50,56-57H,1,8-13,16,21,23,26-29,32-34H2,2H3/t36-,41+,47-,48?,49+,50+,52+/m0/s1. The number of carbonyl (C=O) groups excluding carboxylic acids is 1. The summed E-state index contributed by atoms with van der Waals surface area (Å²) >= 11 is 0. The van der Waals surface area contributed by atoms with Gasteiger partial charge in [0.25, 0.3) is 0 Å². The third kappa shape index (κ3) is 9.56. The number of benzene rings is 4. The number of allylic oxidation sites excluding steroid dienone is 1. The highest BCUT2D eigenvalue weighted by atomic mass is 19.1. The fraction of sp³-hybridized carbons (Fsp3) is 0.462. The minimum absolute atomic E-state index is 0.00223. The number of unbranched alkanes of at least 4 members (excludes halogenated alkanes) is 2. The van der Waals surface area contributed by atoms with Crippen molar-refractivity contribution in [1.29, 1.82) is 0 Å². The summed E-state index contributed by atoms with van der Waals surface area (Å²) in [6.07, 6.45) is 10.2. The van der Waals surface area contributed by atoms with Gasteiger partial charge in [-0.05, 0) is 96.5 Å². The van der Waals surface area contributed by atoms with Gasteiger partial charge in [-0.25, -0.2) is 9.18 Å². The fourth-order valence-electron chi connectivity index (χ4n) is 10.5. The van der Waals surface area contributed by atoms with E-state index >= 15 is 0 Å². The van der Waals surface area contributed by atoms with Gasteiger partial charge in [0.05, 0.1) is 38.5 Å². The van der Waals surface area contributed by atoms with Gasteiger partial charge in [-0.2, -0.15) is 0 Å². The van der Waals surface area contributed by atoms with Crippen molar-refractivity contribution in [1.82, 2.24) is 4.90 Å². The van der Waals surface area contributed by atoms with E-state index < -0.39 is 30.1 Å². The second-order valence-electron chi connectivity index (χ2n) is 17.3. The Morgan fingerprint density at radius 1 is 0.969 bits per heavy atom. The molecule has 2 heterocycles. The quantitative estimate of drug-likeness (QED) is 0.0538. The first-order chi connectivity index (χ1) is 31.4. The lowest BCUT2D eigenvalue weighted by Crippen LogP contribution is -2.70. The van der Waals surface area contributed by atoms with Crippen LogP contribution in [-0.2, 0) is 32.2 Å². The molecule has 7 atom stereocenters. The number of aliphatic hydroxyl groups excluding tert-OH is 2. The second kappa shape index (κ2) is 21.1. The van der Waals surface area contributed by atoms with Crippen molar-refractivity contribution in [3.05, 3.63) is 132 Å². The fourth-order valence-corrected chi connectivity index (χ4v) is 10.5.